The Labute approximate surface area is 83.8 Å². The van der Waals surface area contributed by atoms with Crippen LogP contribution in [0.1, 0.15) is 5.56 Å². The largest absolute Gasteiger partial charge is 0.508 e. The number of hydrogen-bond acceptors (Lipinski definition) is 1. The van der Waals surface area contributed by atoms with Gasteiger partial charge in [0.05, 0.1) is 5.56 Å². The van der Waals surface area contributed by atoms with Gasteiger partial charge in [-0.2, -0.15) is 13.2 Å². The van der Waals surface area contributed by atoms with Crippen molar-refractivity contribution in [2.24, 2.45) is 0 Å². The van der Waals surface area contributed by atoms with E-state index in [2.05, 4.69) is 0 Å². The smallest absolute Gasteiger partial charge is 0.417 e. The fourth-order valence-corrected chi connectivity index (χ4v) is 1.53. The molecule has 0 saturated carbocycles. The van der Waals surface area contributed by atoms with E-state index >= 15 is 0 Å². The van der Waals surface area contributed by atoms with Gasteiger partial charge >= 0.3 is 6.18 Å². The predicted octanol–water partition coefficient (Wildman–Crippen LogP) is 3.56. The predicted molar refractivity (Wildman–Crippen MR) is 50.6 cm³/mol. The average Bonchev–Trinajstić information content (AvgIpc) is 2.15. The van der Waals surface area contributed by atoms with Crippen LogP contribution in [0.5, 0.6) is 5.75 Å². The monoisotopic (exact) mass is 212 g/mol. The van der Waals surface area contributed by atoms with Crippen molar-refractivity contribution in [3.8, 4) is 5.75 Å². The van der Waals surface area contributed by atoms with Crippen LogP contribution in [-0.2, 0) is 6.18 Å². The van der Waals surface area contributed by atoms with Crippen LogP contribution < -0.4 is 0 Å². The van der Waals surface area contributed by atoms with Gasteiger partial charge in [0.15, 0.2) is 0 Å². The van der Waals surface area contributed by atoms with Crippen molar-refractivity contribution in [2.45, 2.75) is 6.18 Å². The molecule has 15 heavy (non-hydrogen) atoms. The second kappa shape index (κ2) is 3.15. The molecule has 0 unspecified atom stereocenters. The number of benzene rings is 2. The molecule has 0 spiro atoms. The van der Waals surface area contributed by atoms with Gasteiger partial charge < -0.3 is 5.11 Å². The first-order valence-electron chi connectivity index (χ1n) is 4.27. The molecule has 4 heteroatoms. The maximum Gasteiger partial charge on any atom is 0.417 e. The van der Waals surface area contributed by atoms with E-state index in [0.29, 0.717) is 5.39 Å². The lowest BCUT2D eigenvalue weighted by atomic mass is 10.0. The summed E-state index contributed by atoms with van der Waals surface area (Å²) < 4.78 is 37.8. The van der Waals surface area contributed by atoms with Gasteiger partial charge in [-0.25, -0.2) is 0 Å². The molecule has 2 aromatic rings. The Morgan fingerprint density at radius 3 is 2.33 bits per heavy atom. The van der Waals surface area contributed by atoms with Crippen molar-refractivity contribution < 1.29 is 18.3 Å². The topological polar surface area (TPSA) is 20.2 Å². The standard InChI is InChI=1S/C11H7F3O/c12-11(13,14)10-6-8(15)5-7-3-1-2-4-9(7)10/h1-6,15H. The minimum atomic E-state index is -4.45. The molecule has 0 aromatic heterocycles. The lowest BCUT2D eigenvalue weighted by Crippen LogP contribution is -2.05. The molecular weight excluding hydrogens is 205 g/mol. The summed E-state index contributed by atoms with van der Waals surface area (Å²) in [5, 5.41) is 9.65. The lowest BCUT2D eigenvalue weighted by molar-refractivity contribution is -0.136. The normalized spacial score (nSPS) is 11.9. The van der Waals surface area contributed by atoms with Crippen molar-refractivity contribution in [3.63, 3.8) is 0 Å². The van der Waals surface area contributed by atoms with Gasteiger partial charge in [0.25, 0.3) is 0 Å². The maximum atomic E-state index is 12.6. The molecule has 0 bridgehead atoms. The Morgan fingerprint density at radius 1 is 1.00 bits per heavy atom. The van der Waals surface area contributed by atoms with Crippen LogP contribution in [0.4, 0.5) is 13.2 Å². The Balaban J connectivity index is 2.83. The second-order valence-electron chi connectivity index (χ2n) is 3.21. The fraction of sp³-hybridized carbons (Fsp3) is 0.0909. The van der Waals surface area contributed by atoms with Crippen LogP contribution in [0.2, 0.25) is 0 Å². The van der Waals surface area contributed by atoms with Crippen molar-refractivity contribution in [2.75, 3.05) is 0 Å². The third-order valence-electron chi connectivity index (χ3n) is 2.15. The third-order valence-corrected chi connectivity index (χ3v) is 2.15. The maximum absolute atomic E-state index is 12.6. The molecule has 0 saturated heterocycles. The summed E-state index contributed by atoms with van der Waals surface area (Å²) in [4.78, 5) is 0. The highest BCUT2D eigenvalue weighted by Crippen LogP contribution is 2.37. The van der Waals surface area contributed by atoms with Gasteiger partial charge in [-0.15, -0.1) is 0 Å². The molecule has 0 aliphatic heterocycles. The molecule has 0 fully saturated rings. The lowest BCUT2D eigenvalue weighted by Gasteiger charge is -2.10. The Morgan fingerprint density at radius 2 is 1.67 bits per heavy atom. The molecule has 0 atom stereocenters. The molecule has 78 valence electrons. The van der Waals surface area contributed by atoms with E-state index in [0.717, 1.165) is 6.07 Å². The molecule has 1 nitrogen and oxygen atoms in total. The van der Waals surface area contributed by atoms with Crippen LogP contribution in [0, 0.1) is 0 Å². The first-order chi connectivity index (χ1) is 6.98. The Kier molecular flexibility index (Phi) is 2.07. The summed E-state index contributed by atoms with van der Waals surface area (Å²) in [6.07, 6.45) is -4.45. The molecule has 2 aromatic carbocycles. The van der Waals surface area contributed by atoms with Crippen LogP contribution in [-0.4, -0.2) is 5.11 Å². The molecule has 1 N–H and O–H groups in total. The van der Waals surface area contributed by atoms with Crippen LogP contribution >= 0.6 is 0 Å². The van der Waals surface area contributed by atoms with Gasteiger partial charge in [0, 0.05) is 0 Å². The van der Waals surface area contributed by atoms with E-state index in [4.69, 9.17) is 0 Å². The summed E-state index contributed by atoms with van der Waals surface area (Å²) in [7, 11) is 0. The fourth-order valence-electron chi connectivity index (χ4n) is 1.53. The molecule has 0 heterocycles. The van der Waals surface area contributed by atoms with Gasteiger partial charge in [-0.1, -0.05) is 24.3 Å². The van der Waals surface area contributed by atoms with Gasteiger partial charge in [0.2, 0.25) is 0 Å². The van der Waals surface area contributed by atoms with Crippen LogP contribution in [0.25, 0.3) is 10.8 Å². The highest BCUT2D eigenvalue weighted by atomic mass is 19.4. The summed E-state index contributed by atoms with van der Waals surface area (Å²) in [6.45, 7) is 0. The number of rotatable bonds is 0. The van der Waals surface area contributed by atoms with Crippen molar-refractivity contribution in [1.82, 2.24) is 0 Å². The van der Waals surface area contributed by atoms with Gasteiger partial charge in [-0.3, -0.25) is 0 Å². The van der Waals surface area contributed by atoms with E-state index in [9.17, 15) is 18.3 Å². The minimum absolute atomic E-state index is 0.0998. The number of phenolic OH excluding ortho intramolecular Hbond substituents is 1. The SMILES string of the molecule is Oc1cc(C(F)(F)F)c2ccccc2c1. The van der Waals surface area contributed by atoms with E-state index in [1.807, 2.05) is 0 Å². The van der Waals surface area contributed by atoms with Crippen LogP contribution in [0.3, 0.4) is 0 Å². The number of alkyl halides is 3. The van der Waals surface area contributed by atoms with Gasteiger partial charge in [0.1, 0.15) is 5.75 Å². The van der Waals surface area contributed by atoms with E-state index in [1.165, 1.54) is 24.3 Å². The van der Waals surface area contributed by atoms with Crippen molar-refractivity contribution in [1.29, 1.82) is 0 Å². The number of fused-ring (bicyclic) bond motifs is 1. The zero-order valence-corrected chi connectivity index (χ0v) is 7.55. The summed E-state index contributed by atoms with van der Waals surface area (Å²) in [6, 6.07) is 8.13. The van der Waals surface area contributed by atoms with Crippen LogP contribution in [0.15, 0.2) is 36.4 Å². The molecule has 0 aliphatic carbocycles. The zero-order chi connectivity index (χ0) is 11.1. The molecule has 0 radical (unpaired) electrons. The minimum Gasteiger partial charge on any atom is -0.508 e. The second-order valence-corrected chi connectivity index (χ2v) is 3.21. The molecule has 2 rings (SSSR count). The number of phenols is 1. The summed E-state index contributed by atoms with van der Waals surface area (Å²) in [5.41, 5.74) is -0.807. The molecular formula is C11H7F3O. The van der Waals surface area contributed by atoms with E-state index < -0.39 is 11.7 Å². The van der Waals surface area contributed by atoms with Crippen molar-refractivity contribution in [3.05, 3.63) is 42.0 Å². The molecule has 0 aliphatic rings. The quantitative estimate of drug-likeness (QED) is 0.707. The Hall–Kier alpha value is -1.71. The van der Waals surface area contributed by atoms with Crippen molar-refractivity contribution >= 4 is 10.8 Å². The molecule has 0 amide bonds. The number of hydrogen-bond donors (Lipinski definition) is 1. The number of aromatic hydroxyl groups is 1. The summed E-state index contributed by atoms with van der Waals surface area (Å²) >= 11 is 0. The first-order valence-corrected chi connectivity index (χ1v) is 4.27. The van der Waals surface area contributed by atoms with E-state index in [1.54, 1.807) is 6.07 Å². The highest BCUT2D eigenvalue weighted by molar-refractivity contribution is 5.87. The first kappa shape index (κ1) is 9.83. The van der Waals surface area contributed by atoms with Gasteiger partial charge in [-0.05, 0) is 22.9 Å². The Bertz CT molecular complexity index is 503. The summed E-state index contributed by atoms with van der Waals surface area (Å²) in [5.74, 6) is -0.374. The zero-order valence-electron chi connectivity index (χ0n) is 7.55. The average molecular weight is 212 g/mol. The third kappa shape index (κ3) is 1.75. The highest BCUT2D eigenvalue weighted by Gasteiger charge is 2.32. The number of halogens is 3. The van der Waals surface area contributed by atoms with E-state index in [-0.39, 0.29) is 11.1 Å².